The number of likely N-dealkylation sites (N-methyl/N-ethyl adjacent to an activating group) is 1. The van der Waals surface area contributed by atoms with E-state index in [1.165, 1.54) is 0 Å². The van der Waals surface area contributed by atoms with E-state index in [4.69, 9.17) is 18.5 Å². The van der Waals surface area contributed by atoms with Gasteiger partial charge in [-0.15, -0.1) is 0 Å². The average Bonchev–Trinajstić information content (AvgIpc) is 3.58. The van der Waals surface area contributed by atoms with E-state index in [-0.39, 0.29) is 26.1 Å². The number of nitrogens with zero attached hydrogens (tertiary/aromatic N) is 1. The van der Waals surface area contributed by atoms with Crippen molar-refractivity contribution >= 4 is 19.8 Å². The second-order valence-corrected chi connectivity index (χ2v) is 24.1. The van der Waals surface area contributed by atoms with Crippen molar-refractivity contribution in [1.29, 1.82) is 0 Å². The maximum atomic E-state index is 12.8. The van der Waals surface area contributed by atoms with E-state index in [0.717, 1.165) is 167 Å². The summed E-state index contributed by atoms with van der Waals surface area (Å²) in [4.78, 5) is 38.0. The Labute approximate surface area is 550 Å². The van der Waals surface area contributed by atoms with Gasteiger partial charge in [0.2, 0.25) is 0 Å². The summed E-state index contributed by atoms with van der Waals surface area (Å²) in [6, 6.07) is 0. The molecule has 0 aliphatic carbocycles. The molecule has 0 aliphatic heterocycles. The number of ether oxygens (including phenoxy) is 2. The molecular formula is C80H122NO8P. The third kappa shape index (κ3) is 71.1. The highest BCUT2D eigenvalue weighted by atomic mass is 31.2. The number of rotatable bonds is 59. The number of esters is 2. The SMILES string of the molecule is CC/C=C\C/C=C\C/C=C\C/C=C\C/C=C\C/C=C\C/C=C\C/C=C\C/C=C\C/C=C\CCCCC(=O)OC(COC(=O)CCCCCCC/C=C\C/C=C\C/C=C\C/C=C\C/C=C\C/C=C\C/C=C\C/C=C\C/C=C\CC)COP(=O)([O-])OCC[N+](C)(C)C. The van der Waals surface area contributed by atoms with Crippen LogP contribution in [0.4, 0.5) is 0 Å². The van der Waals surface area contributed by atoms with Gasteiger partial charge >= 0.3 is 11.9 Å². The Balaban J connectivity index is 4.31. The predicted octanol–water partition coefficient (Wildman–Crippen LogP) is 22.0. The van der Waals surface area contributed by atoms with Gasteiger partial charge in [-0.05, 0) is 161 Å². The molecule has 0 aromatic rings. The van der Waals surface area contributed by atoms with Crippen LogP contribution in [0.2, 0.25) is 0 Å². The maximum absolute atomic E-state index is 12.8. The second kappa shape index (κ2) is 67.5. The van der Waals surface area contributed by atoms with E-state index in [9.17, 15) is 19.0 Å². The number of carbonyl (C=O) groups excluding carboxylic acids is 2. The van der Waals surface area contributed by atoms with Gasteiger partial charge in [-0.3, -0.25) is 14.2 Å². The van der Waals surface area contributed by atoms with Crippen molar-refractivity contribution < 1.29 is 42.1 Å². The average molecular weight is 1260 g/mol. The molecule has 0 aliphatic rings. The molecule has 0 aromatic heterocycles. The van der Waals surface area contributed by atoms with Crippen molar-refractivity contribution in [3.63, 3.8) is 0 Å². The Morgan fingerprint density at radius 2 is 0.600 bits per heavy atom. The lowest BCUT2D eigenvalue weighted by Gasteiger charge is -2.28. The molecule has 0 N–H and O–H groups in total. The normalized spacial score (nSPS) is 14.6. The molecule has 0 heterocycles. The molecule has 10 heteroatoms. The van der Waals surface area contributed by atoms with Crippen molar-refractivity contribution in [1.82, 2.24) is 0 Å². The number of unbranched alkanes of at least 4 members (excludes halogenated alkanes) is 7. The predicted molar refractivity (Wildman–Crippen MR) is 387 cm³/mol. The molecule has 0 bridgehead atoms. The summed E-state index contributed by atoms with van der Waals surface area (Å²) >= 11 is 0. The number of carbonyl (C=O) groups is 2. The zero-order chi connectivity index (χ0) is 65.5. The number of phosphoric ester groups is 1. The highest BCUT2D eigenvalue weighted by Crippen LogP contribution is 2.38. The largest absolute Gasteiger partial charge is 0.756 e. The number of allylic oxidation sites excluding steroid dienone is 38. The highest BCUT2D eigenvalue weighted by Gasteiger charge is 2.21. The first-order valence-corrected chi connectivity index (χ1v) is 35.6. The summed E-state index contributed by atoms with van der Waals surface area (Å²) in [5.74, 6) is -0.930. The fourth-order valence-electron chi connectivity index (χ4n) is 8.03. The number of quaternary nitrogens is 1. The fraction of sp³-hybridized carbons (Fsp3) is 0.500. The van der Waals surface area contributed by atoms with Crippen molar-refractivity contribution in [2.75, 3.05) is 47.5 Å². The van der Waals surface area contributed by atoms with Crippen LogP contribution < -0.4 is 4.89 Å². The summed E-state index contributed by atoms with van der Waals surface area (Å²) in [7, 11) is 1.08. The second-order valence-electron chi connectivity index (χ2n) is 22.7. The van der Waals surface area contributed by atoms with Gasteiger partial charge in [-0.25, -0.2) is 0 Å². The first kappa shape index (κ1) is 84.1. The van der Waals surface area contributed by atoms with E-state index in [0.29, 0.717) is 23.9 Å². The van der Waals surface area contributed by atoms with Crippen LogP contribution in [0.25, 0.3) is 0 Å². The molecular weight excluding hydrogens is 1130 g/mol. The van der Waals surface area contributed by atoms with Crippen LogP contribution in [0.3, 0.4) is 0 Å². The molecule has 0 saturated heterocycles. The molecule has 0 spiro atoms. The topological polar surface area (TPSA) is 111 Å². The molecule has 0 aromatic carbocycles. The molecule has 2 unspecified atom stereocenters. The zero-order valence-electron chi connectivity index (χ0n) is 56.7. The van der Waals surface area contributed by atoms with Crippen molar-refractivity contribution in [3.05, 3.63) is 231 Å². The minimum absolute atomic E-state index is 0.0574. The van der Waals surface area contributed by atoms with Crippen LogP contribution in [0, 0.1) is 0 Å². The number of phosphoric acid groups is 1. The van der Waals surface area contributed by atoms with Gasteiger partial charge < -0.3 is 27.9 Å². The van der Waals surface area contributed by atoms with Gasteiger partial charge in [0.15, 0.2) is 6.10 Å². The standard InChI is InChI=1S/C80H122NO8P/c1-6-8-10-12-14-16-18-20-22-24-26-28-30-32-34-36-38-40-42-44-46-48-50-52-54-56-58-60-62-64-66-68-70-72-79(82)86-76-78(77-88-90(84,85)87-75-74-81(3,4)5)89-80(83)73-71-69-67-65-63-61-59-57-55-53-51-49-47-45-43-41-39-37-35-33-31-29-27-25-23-21-19-17-15-13-11-9-7-2/h8-11,14-17,20-23,26-29,32-35,38-41,44-47,50-53,56-59,63,65,78H,6-7,12-13,18-19,24-25,30-31,36-37,42-43,48-49,54-55,60-62,64,66-77H2,1-5H3/b10-8-,11-9-,16-14-,17-15-,22-20-,23-21-,28-26-,29-27-,34-32-,35-33-,40-38-,41-39-,46-44-,47-45-,52-50-,53-51-,58-56-,59-57-,65-63-. The minimum Gasteiger partial charge on any atom is -0.756 e. The van der Waals surface area contributed by atoms with E-state index < -0.39 is 32.5 Å². The Hall–Kier alpha value is -5.93. The van der Waals surface area contributed by atoms with Gasteiger partial charge in [0.25, 0.3) is 7.82 Å². The monoisotopic (exact) mass is 1260 g/mol. The maximum Gasteiger partial charge on any atom is 0.306 e. The van der Waals surface area contributed by atoms with E-state index in [1.807, 2.05) is 21.1 Å². The van der Waals surface area contributed by atoms with Crippen molar-refractivity contribution in [2.45, 2.75) is 213 Å². The highest BCUT2D eigenvalue weighted by molar-refractivity contribution is 7.45. The van der Waals surface area contributed by atoms with Gasteiger partial charge in [-0.1, -0.05) is 264 Å². The first-order chi connectivity index (χ1) is 44.0. The van der Waals surface area contributed by atoms with E-state index >= 15 is 0 Å². The molecule has 9 nitrogen and oxygen atoms in total. The first-order valence-electron chi connectivity index (χ1n) is 34.1. The number of hydrogen-bond donors (Lipinski definition) is 0. The van der Waals surface area contributed by atoms with Gasteiger partial charge in [-0.2, -0.15) is 0 Å². The summed E-state index contributed by atoms with van der Waals surface area (Å²) in [6.45, 7) is 3.89. The Morgan fingerprint density at radius 3 is 0.911 bits per heavy atom. The molecule has 0 rings (SSSR count). The minimum atomic E-state index is -4.68. The Morgan fingerprint density at radius 1 is 0.344 bits per heavy atom. The van der Waals surface area contributed by atoms with Crippen LogP contribution in [-0.2, 0) is 32.7 Å². The lowest BCUT2D eigenvalue weighted by Crippen LogP contribution is -2.37. The molecule has 90 heavy (non-hydrogen) atoms. The van der Waals surface area contributed by atoms with Crippen molar-refractivity contribution in [2.24, 2.45) is 0 Å². The molecule has 2 atom stereocenters. The van der Waals surface area contributed by atoms with Crippen LogP contribution in [0.5, 0.6) is 0 Å². The third-order valence-corrected chi connectivity index (χ3v) is 14.1. The molecule has 0 radical (unpaired) electrons. The Kier molecular flexibility index (Phi) is 63.0. The van der Waals surface area contributed by atoms with E-state index in [2.05, 4.69) is 245 Å². The third-order valence-electron chi connectivity index (χ3n) is 13.2. The van der Waals surface area contributed by atoms with E-state index in [1.54, 1.807) is 0 Å². The Bertz CT molecular complexity index is 2370. The summed E-state index contributed by atoms with van der Waals surface area (Å²) < 4.78 is 34.2. The molecule has 0 fully saturated rings. The summed E-state index contributed by atoms with van der Waals surface area (Å²) in [5, 5.41) is 0. The van der Waals surface area contributed by atoms with Gasteiger partial charge in [0.05, 0.1) is 27.7 Å². The van der Waals surface area contributed by atoms with Crippen LogP contribution in [0.1, 0.15) is 206 Å². The van der Waals surface area contributed by atoms with Gasteiger partial charge in [0, 0.05) is 12.8 Å². The summed E-state index contributed by atoms with van der Waals surface area (Å²) in [6.07, 6.45) is 110. The lowest BCUT2D eigenvalue weighted by atomic mass is 10.1. The fourth-order valence-corrected chi connectivity index (χ4v) is 8.76. The smallest absolute Gasteiger partial charge is 0.306 e. The van der Waals surface area contributed by atoms with Crippen molar-refractivity contribution in [3.8, 4) is 0 Å². The summed E-state index contributed by atoms with van der Waals surface area (Å²) in [5.41, 5.74) is 0. The van der Waals surface area contributed by atoms with Crippen LogP contribution in [0.15, 0.2) is 231 Å². The zero-order valence-corrected chi connectivity index (χ0v) is 57.6. The molecule has 500 valence electrons. The van der Waals surface area contributed by atoms with Crippen LogP contribution in [-0.4, -0.2) is 70.0 Å². The van der Waals surface area contributed by atoms with Gasteiger partial charge in [0.1, 0.15) is 19.8 Å². The van der Waals surface area contributed by atoms with Crippen LogP contribution >= 0.6 is 7.82 Å². The quantitative estimate of drug-likeness (QED) is 0.0195. The number of hydrogen-bond acceptors (Lipinski definition) is 8. The molecule has 0 saturated carbocycles. The lowest BCUT2D eigenvalue weighted by molar-refractivity contribution is -0.870. The molecule has 0 amide bonds.